The molecule has 2 aromatic carbocycles. The van der Waals surface area contributed by atoms with Gasteiger partial charge < -0.3 is 4.74 Å². The molecule has 2 aromatic rings. The van der Waals surface area contributed by atoms with Crippen LogP contribution in [0.2, 0.25) is 0 Å². The SMILES string of the molecule is Fc1ccc(C2(c3ccc(Br)cc3)CO2)c(F)c1. The zero-order valence-electron chi connectivity index (χ0n) is 9.29. The van der Waals surface area contributed by atoms with Crippen molar-refractivity contribution in [3.8, 4) is 0 Å². The third-order valence-corrected chi connectivity index (χ3v) is 3.64. The molecule has 1 aliphatic rings. The lowest BCUT2D eigenvalue weighted by molar-refractivity contribution is 0.340. The molecule has 3 rings (SSSR count). The number of halogens is 3. The van der Waals surface area contributed by atoms with E-state index < -0.39 is 17.2 Å². The van der Waals surface area contributed by atoms with Gasteiger partial charge in [-0.1, -0.05) is 28.1 Å². The average Bonchev–Trinajstić information content (AvgIpc) is 3.11. The summed E-state index contributed by atoms with van der Waals surface area (Å²) >= 11 is 3.35. The average molecular weight is 311 g/mol. The topological polar surface area (TPSA) is 12.5 Å². The third kappa shape index (κ3) is 1.85. The van der Waals surface area contributed by atoms with Crippen molar-refractivity contribution in [3.63, 3.8) is 0 Å². The Morgan fingerprint density at radius 1 is 1.06 bits per heavy atom. The van der Waals surface area contributed by atoms with Crippen molar-refractivity contribution in [2.45, 2.75) is 5.60 Å². The predicted octanol–water partition coefficient (Wildman–Crippen LogP) is 4.00. The Balaban J connectivity index is 2.07. The first kappa shape index (κ1) is 11.8. The molecule has 1 nitrogen and oxygen atoms in total. The molecule has 1 aliphatic heterocycles. The van der Waals surface area contributed by atoms with Crippen LogP contribution in [0, 0.1) is 11.6 Å². The fourth-order valence-corrected chi connectivity index (χ4v) is 2.35. The van der Waals surface area contributed by atoms with Crippen molar-refractivity contribution >= 4 is 15.9 Å². The monoisotopic (exact) mass is 310 g/mol. The van der Waals surface area contributed by atoms with E-state index in [1.807, 2.05) is 24.3 Å². The van der Waals surface area contributed by atoms with Gasteiger partial charge in [0.15, 0.2) is 0 Å². The zero-order chi connectivity index (χ0) is 12.8. The maximum atomic E-state index is 13.8. The largest absolute Gasteiger partial charge is 0.359 e. The number of rotatable bonds is 2. The molecule has 0 spiro atoms. The summed E-state index contributed by atoms with van der Waals surface area (Å²) in [4.78, 5) is 0. The molecule has 1 unspecified atom stereocenters. The van der Waals surface area contributed by atoms with Gasteiger partial charge in [0.05, 0.1) is 6.61 Å². The van der Waals surface area contributed by atoms with E-state index in [-0.39, 0.29) is 0 Å². The van der Waals surface area contributed by atoms with Crippen molar-refractivity contribution in [3.05, 3.63) is 69.7 Å². The first-order chi connectivity index (χ1) is 8.62. The molecule has 0 bridgehead atoms. The van der Waals surface area contributed by atoms with Crippen LogP contribution in [0.1, 0.15) is 11.1 Å². The minimum atomic E-state index is -0.752. The number of benzene rings is 2. The van der Waals surface area contributed by atoms with Crippen molar-refractivity contribution < 1.29 is 13.5 Å². The van der Waals surface area contributed by atoms with Gasteiger partial charge in [0.2, 0.25) is 0 Å². The molecule has 0 N–H and O–H groups in total. The summed E-state index contributed by atoms with van der Waals surface area (Å²) in [5.74, 6) is -1.15. The quantitative estimate of drug-likeness (QED) is 0.764. The minimum Gasteiger partial charge on any atom is -0.359 e. The van der Waals surface area contributed by atoms with Gasteiger partial charge in [-0.25, -0.2) is 8.78 Å². The van der Waals surface area contributed by atoms with E-state index in [0.717, 1.165) is 16.1 Å². The van der Waals surface area contributed by atoms with Gasteiger partial charge in [-0.05, 0) is 29.8 Å². The lowest BCUT2D eigenvalue weighted by Crippen LogP contribution is -2.13. The molecule has 92 valence electrons. The van der Waals surface area contributed by atoms with Crippen LogP contribution in [-0.4, -0.2) is 6.61 Å². The van der Waals surface area contributed by atoms with Crippen molar-refractivity contribution in [2.75, 3.05) is 6.61 Å². The first-order valence-electron chi connectivity index (χ1n) is 5.47. The highest BCUT2D eigenvalue weighted by Gasteiger charge is 2.49. The predicted molar refractivity (Wildman–Crippen MR) is 67.2 cm³/mol. The number of hydrogen-bond acceptors (Lipinski definition) is 1. The smallest absolute Gasteiger partial charge is 0.144 e. The van der Waals surface area contributed by atoms with Crippen molar-refractivity contribution in [1.82, 2.24) is 0 Å². The number of ether oxygens (including phenoxy) is 1. The van der Waals surface area contributed by atoms with E-state index in [1.54, 1.807) is 0 Å². The van der Waals surface area contributed by atoms with E-state index >= 15 is 0 Å². The van der Waals surface area contributed by atoms with Gasteiger partial charge in [0.1, 0.15) is 17.2 Å². The lowest BCUT2D eigenvalue weighted by atomic mass is 9.91. The van der Waals surface area contributed by atoms with Crippen LogP contribution in [0.15, 0.2) is 46.9 Å². The van der Waals surface area contributed by atoms with Gasteiger partial charge in [0.25, 0.3) is 0 Å². The Kier molecular flexibility index (Phi) is 2.72. The van der Waals surface area contributed by atoms with E-state index in [0.29, 0.717) is 12.2 Å². The number of epoxide rings is 1. The molecule has 1 fully saturated rings. The summed E-state index contributed by atoms with van der Waals surface area (Å²) in [6, 6.07) is 11.1. The van der Waals surface area contributed by atoms with Crippen LogP contribution in [0.25, 0.3) is 0 Å². The first-order valence-corrected chi connectivity index (χ1v) is 6.27. The number of hydrogen-bond donors (Lipinski definition) is 0. The second-order valence-electron chi connectivity index (χ2n) is 4.25. The summed E-state index contributed by atoms with van der Waals surface area (Å²) in [5.41, 5.74) is 0.501. The van der Waals surface area contributed by atoms with Crippen LogP contribution in [0.4, 0.5) is 8.78 Å². The molecule has 0 aliphatic carbocycles. The van der Waals surface area contributed by atoms with Gasteiger partial charge in [-0.3, -0.25) is 0 Å². The standard InChI is InChI=1S/C14H9BrF2O/c15-10-3-1-9(2-4-10)14(8-18-14)12-6-5-11(16)7-13(12)17/h1-7H,8H2. The molecule has 1 saturated heterocycles. The Morgan fingerprint density at radius 3 is 2.28 bits per heavy atom. The summed E-state index contributed by atoms with van der Waals surface area (Å²) < 4.78 is 33.1. The highest BCUT2D eigenvalue weighted by molar-refractivity contribution is 9.10. The maximum absolute atomic E-state index is 13.8. The maximum Gasteiger partial charge on any atom is 0.144 e. The summed E-state index contributed by atoms with van der Waals surface area (Å²) in [6.07, 6.45) is 0. The summed E-state index contributed by atoms with van der Waals surface area (Å²) in [7, 11) is 0. The van der Waals surface area contributed by atoms with Gasteiger partial charge in [-0.2, -0.15) is 0 Å². The Labute approximate surface area is 112 Å². The van der Waals surface area contributed by atoms with Crippen molar-refractivity contribution in [2.24, 2.45) is 0 Å². The second kappa shape index (κ2) is 4.14. The fourth-order valence-electron chi connectivity index (χ4n) is 2.09. The van der Waals surface area contributed by atoms with Crippen LogP contribution in [0.5, 0.6) is 0 Å². The van der Waals surface area contributed by atoms with E-state index in [1.165, 1.54) is 12.1 Å². The molecule has 4 heteroatoms. The normalized spacial score (nSPS) is 21.9. The zero-order valence-corrected chi connectivity index (χ0v) is 10.9. The molecule has 0 aromatic heterocycles. The fraction of sp³-hybridized carbons (Fsp3) is 0.143. The Bertz CT molecular complexity index is 591. The Morgan fingerprint density at radius 2 is 1.72 bits per heavy atom. The van der Waals surface area contributed by atoms with Gasteiger partial charge in [-0.15, -0.1) is 0 Å². The van der Waals surface area contributed by atoms with Crippen LogP contribution >= 0.6 is 15.9 Å². The molecule has 1 heterocycles. The molecule has 0 radical (unpaired) electrons. The second-order valence-corrected chi connectivity index (χ2v) is 5.16. The van der Waals surface area contributed by atoms with Crippen LogP contribution in [0.3, 0.4) is 0 Å². The third-order valence-electron chi connectivity index (χ3n) is 3.11. The highest BCUT2D eigenvalue weighted by Crippen LogP contribution is 2.46. The van der Waals surface area contributed by atoms with E-state index in [4.69, 9.17) is 4.74 Å². The molecular formula is C14H9BrF2O. The van der Waals surface area contributed by atoms with E-state index in [2.05, 4.69) is 15.9 Å². The molecule has 1 atom stereocenters. The van der Waals surface area contributed by atoms with E-state index in [9.17, 15) is 8.78 Å². The molecule has 0 amide bonds. The lowest BCUT2D eigenvalue weighted by Gasteiger charge is -2.14. The van der Waals surface area contributed by atoms with Gasteiger partial charge in [0, 0.05) is 16.1 Å². The molecule has 0 saturated carbocycles. The molecule has 18 heavy (non-hydrogen) atoms. The molecular weight excluding hydrogens is 302 g/mol. The summed E-state index contributed by atoms with van der Waals surface area (Å²) in [5, 5.41) is 0. The summed E-state index contributed by atoms with van der Waals surface area (Å²) in [6.45, 7) is 0.414. The van der Waals surface area contributed by atoms with Gasteiger partial charge >= 0.3 is 0 Å². The van der Waals surface area contributed by atoms with Crippen LogP contribution in [-0.2, 0) is 10.3 Å². The highest BCUT2D eigenvalue weighted by atomic mass is 79.9. The van der Waals surface area contributed by atoms with Crippen LogP contribution < -0.4 is 0 Å². The van der Waals surface area contributed by atoms with Crippen molar-refractivity contribution in [1.29, 1.82) is 0 Å². The Hall–Kier alpha value is -1.26. The minimum absolute atomic E-state index is 0.381.